The van der Waals surface area contributed by atoms with Crippen molar-refractivity contribution in [1.82, 2.24) is 0 Å². The summed E-state index contributed by atoms with van der Waals surface area (Å²) in [5.74, 6) is 0.826. The lowest BCUT2D eigenvalue weighted by Gasteiger charge is -2.43. The SMILES string of the molecule is COc1ccc(CO[C@H]2O[C@H]2C/C=C\C[C@H](OCc2ccccc2)[C@@H](O)CCO[Si](c2ccccc2)(c2ccccc2)C(C)(C)C)cc1. The molecular formula is C41H50O6Si. The third-order valence-corrected chi connectivity index (χ3v) is 13.9. The van der Waals surface area contributed by atoms with E-state index in [4.69, 9.17) is 23.4 Å². The summed E-state index contributed by atoms with van der Waals surface area (Å²) in [6.45, 7) is 8.15. The first-order valence-electron chi connectivity index (χ1n) is 16.9. The highest BCUT2D eigenvalue weighted by atomic mass is 28.4. The molecule has 1 heterocycles. The minimum Gasteiger partial charge on any atom is -0.497 e. The van der Waals surface area contributed by atoms with Gasteiger partial charge in [-0.15, -0.1) is 0 Å². The Labute approximate surface area is 287 Å². The second-order valence-electron chi connectivity index (χ2n) is 13.3. The van der Waals surface area contributed by atoms with Gasteiger partial charge >= 0.3 is 0 Å². The lowest BCUT2D eigenvalue weighted by atomic mass is 10.1. The van der Waals surface area contributed by atoms with Crippen LogP contribution in [0, 0.1) is 0 Å². The van der Waals surface area contributed by atoms with Crippen LogP contribution in [-0.2, 0) is 31.9 Å². The Balaban J connectivity index is 1.19. The Morgan fingerprint density at radius 1 is 0.771 bits per heavy atom. The number of epoxide rings is 1. The Hall–Kier alpha value is -3.56. The van der Waals surface area contributed by atoms with Crippen LogP contribution in [0.25, 0.3) is 0 Å². The first kappa shape index (κ1) is 35.7. The van der Waals surface area contributed by atoms with Gasteiger partial charge in [-0.05, 0) is 57.9 Å². The largest absolute Gasteiger partial charge is 0.497 e. The van der Waals surface area contributed by atoms with Crippen LogP contribution in [0.3, 0.4) is 0 Å². The fourth-order valence-electron chi connectivity index (χ4n) is 6.19. The second kappa shape index (κ2) is 17.2. The summed E-state index contributed by atoms with van der Waals surface area (Å²) < 4.78 is 30.3. The molecule has 0 aliphatic carbocycles. The van der Waals surface area contributed by atoms with E-state index in [-0.39, 0.29) is 23.5 Å². The Kier molecular flexibility index (Phi) is 12.8. The van der Waals surface area contributed by atoms with Crippen molar-refractivity contribution < 1.29 is 28.5 Å². The molecule has 7 heteroatoms. The van der Waals surface area contributed by atoms with Gasteiger partial charge in [0.25, 0.3) is 8.32 Å². The van der Waals surface area contributed by atoms with Gasteiger partial charge in [-0.3, -0.25) is 0 Å². The van der Waals surface area contributed by atoms with Gasteiger partial charge in [0.1, 0.15) is 11.9 Å². The van der Waals surface area contributed by atoms with Crippen LogP contribution in [0.15, 0.2) is 127 Å². The van der Waals surface area contributed by atoms with Crippen LogP contribution < -0.4 is 15.1 Å². The van der Waals surface area contributed by atoms with E-state index in [9.17, 15) is 5.11 Å². The van der Waals surface area contributed by atoms with Gasteiger partial charge in [-0.2, -0.15) is 0 Å². The summed E-state index contributed by atoms with van der Waals surface area (Å²) in [7, 11) is -1.04. The fourth-order valence-corrected chi connectivity index (χ4v) is 10.8. The first-order chi connectivity index (χ1) is 23.3. The molecule has 0 amide bonds. The third-order valence-electron chi connectivity index (χ3n) is 8.90. The minimum atomic E-state index is -2.70. The summed E-state index contributed by atoms with van der Waals surface area (Å²) in [4.78, 5) is 0. The smallest absolute Gasteiger partial charge is 0.261 e. The van der Waals surface area contributed by atoms with Crippen molar-refractivity contribution in [1.29, 1.82) is 0 Å². The quantitative estimate of drug-likeness (QED) is 0.0689. The molecular weight excluding hydrogens is 617 g/mol. The zero-order valence-corrected chi connectivity index (χ0v) is 29.7. The van der Waals surface area contributed by atoms with Gasteiger partial charge in [0.05, 0.1) is 32.5 Å². The van der Waals surface area contributed by atoms with Crippen LogP contribution >= 0.6 is 0 Å². The van der Waals surface area contributed by atoms with Gasteiger partial charge in [0.2, 0.25) is 0 Å². The van der Waals surface area contributed by atoms with Gasteiger partial charge in [-0.25, -0.2) is 0 Å². The van der Waals surface area contributed by atoms with E-state index in [0.717, 1.165) is 23.3 Å². The van der Waals surface area contributed by atoms with Gasteiger partial charge in [0.15, 0.2) is 6.29 Å². The Morgan fingerprint density at radius 2 is 1.35 bits per heavy atom. The van der Waals surface area contributed by atoms with Crippen molar-refractivity contribution >= 4 is 18.7 Å². The van der Waals surface area contributed by atoms with E-state index in [1.807, 2.05) is 66.7 Å². The molecule has 1 saturated heterocycles. The topological polar surface area (TPSA) is 69.7 Å². The molecule has 0 radical (unpaired) electrons. The van der Waals surface area contributed by atoms with Crippen LogP contribution in [0.1, 0.15) is 51.2 Å². The molecule has 1 aliphatic rings. The normalized spacial score (nSPS) is 17.7. The molecule has 0 unspecified atom stereocenters. The summed E-state index contributed by atoms with van der Waals surface area (Å²) in [5.41, 5.74) is 2.15. The van der Waals surface area contributed by atoms with Crippen molar-refractivity contribution in [3.8, 4) is 5.75 Å². The summed E-state index contributed by atoms with van der Waals surface area (Å²) in [5, 5.41) is 13.9. The van der Waals surface area contributed by atoms with E-state index in [1.54, 1.807) is 7.11 Å². The number of aliphatic hydroxyl groups excluding tert-OH is 1. The van der Waals surface area contributed by atoms with Gasteiger partial charge in [0, 0.05) is 6.61 Å². The van der Waals surface area contributed by atoms with E-state index >= 15 is 0 Å². The molecule has 0 aromatic heterocycles. The van der Waals surface area contributed by atoms with Crippen molar-refractivity contribution in [2.45, 2.75) is 82.9 Å². The molecule has 4 atom stereocenters. The average Bonchev–Trinajstić information content (AvgIpc) is 3.87. The predicted octanol–water partition coefficient (Wildman–Crippen LogP) is 7.19. The maximum absolute atomic E-state index is 11.5. The number of methoxy groups -OCH3 is 1. The molecule has 0 bridgehead atoms. The highest BCUT2D eigenvalue weighted by Crippen LogP contribution is 2.37. The van der Waals surface area contributed by atoms with Crippen LogP contribution in [-0.4, -0.2) is 51.7 Å². The van der Waals surface area contributed by atoms with E-state index < -0.39 is 14.4 Å². The van der Waals surface area contributed by atoms with Gasteiger partial charge < -0.3 is 28.5 Å². The molecule has 4 aromatic carbocycles. The molecule has 48 heavy (non-hydrogen) atoms. The fraction of sp³-hybridized carbons (Fsp3) is 0.366. The highest BCUT2D eigenvalue weighted by molar-refractivity contribution is 6.99. The van der Waals surface area contributed by atoms with Crippen LogP contribution in [0.5, 0.6) is 5.75 Å². The number of hydrogen-bond donors (Lipinski definition) is 1. The monoisotopic (exact) mass is 666 g/mol. The maximum atomic E-state index is 11.5. The Bertz CT molecular complexity index is 1480. The molecule has 5 rings (SSSR count). The maximum Gasteiger partial charge on any atom is 0.261 e. The summed E-state index contributed by atoms with van der Waals surface area (Å²) >= 11 is 0. The summed E-state index contributed by atoms with van der Waals surface area (Å²) in [6, 6.07) is 39.2. The molecule has 0 saturated carbocycles. The zero-order chi connectivity index (χ0) is 33.8. The average molecular weight is 667 g/mol. The molecule has 4 aromatic rings. The van der Waals surface area contributed by atoms with Crippen molar-refractivity contribution in [2.75, 3.05) is 13.7 Å². The van der Waals surface area contributed by atoms with Crippen LogP contribution in [0.4, 0.5) is 0 Å². The molecule has 0 spiro atoms. The number of benzene rings is 4. The Morgan fingerprint density at radius 3 is 1.94 bits per heavy atom. The van der Waals surface area contributed by atoms with E-state index in [0.29, 0.717) is 32.7 Å². The summed E-state index contributed by atoms with van der Waals surface area (Å²) in [6.07, 6.45) is 4.73. The van der Waals surface area contributed by atoms with E-state index in [1.165, 1.54) is 10.4 Å². The molecule has 1 N–H and O–H groups in total. The molecule has 254 valence electrons. The highest BCUT2D eigenvalue weighted by Gasteiger charge is 2.50. The zero-order valence-electron chi connectivity index (χ0n) is 28.7. The molecule has 6 nitrogen and oxygen atoms in total. The van der Waals surface area contributed by atoms with Crippen molar-refractivity contribution in [3.05, 3.63) is 139 Å². The standard InChI is InChI=1S/C41H50O6Si/c1-41(2,3)48(35-18-10-6-11-19-35,36-20-12-7-13-21-36)46-29-28-37(42)38(44-30-32-16-8-5-9-17-32)22-14-15-23-39-40(47-39)45-31-33-24-26-34(43-4)27-25-33/h5-21,24-27,37-40,42H,22-23,28-31H2,1-4H3/b15-14-/t37-,38-,39-,40-/m0/s1. The van der Waals surface area contributed by atoms with Gasteiger partial charge in [-0.1, -0.05) is 136 Å². The van der Waals surface area contributed by atoms with E-state index in [2.05, 4.69) is 81.5 Å². The first-order valence-corrected chi connectivity index (χ1v) is 18.8. The predicted molar refractivity (Wildman–Crippen MR) is 194 cm³/mol. The lowest BCUT2D eigenvalue weighted by Crippen LogP contribution is -2.66. The number of hydrogen-bond acceptors (Lipinski definition) is 6. The number of rotatable bonds is 18. The second-order valence-corrected chi connectivity index (χ2v) is 17.7. The van der Waals surface area contributed by atoms with Crippen molar-refractivity contribution in [3.63, 3.8) is 0 Å². The molecule has 1 aliphatic heterocycles. The van der Waals surface area contributed by atoms with Crippen molar-refractivity contribution in [2.24, 2.45) is 0 Å². The number of ether oxygens (including phenoxy) is 4. The third kappa shape index (κ3) is 9.53. The number of aliphatic hydroxyl groups is 1. The molecule has 1 fully saturated rings. The minimum absolute atomic E-state index is 0.0351. The van der Waals surface area contributed by atoms with Crippen LogP contribution in [0.2, 0.25) is 5.04 Å². The lowest BCUT2D eigenvalue weighted by molar-refractivity contribution is -0.0506.